The minimum Gasteiger partial charge on any atom is -0.497 e. The Kier molecular flexibility index (Phi) is 6.58. The topological polar surface area (TPSA) is 85.4 Å². The second kappa shape index (κ2) is 9.71. The third-order valence-corrected chi connectivity index (χ3v) is 5.93. The molecule has 3 heterocycles. The highest BCUT2D eigenvalue weighted by molar-refractivity contribution is 7.99. The molecule has 0 atom stereocenters. The molecule has 0 spiro atoms. The Morgan fingerprint density at radius 2 is 2.00 bits per heavy atom. The quantitative estimate of drug-likeness (QED) is 0.526. The van der Waals surface area contributed by atoms with Crippen molar-refractivity contribution in [1.29, 1.82) is 0 Å². The predicted molar refractivity (Wildman–Crippen MR) is 115 cm³/mol. The van der Waals surface area contributed by atoms with Crippen LogP contribution in [-0.4, -0.2) is 46.6 Å². The Bertz CT molecular complexity index is 950. The molecular weight excluding hydrogens is 402 g/mol. The van der Waals surface area contributed by atoms with Crippen LogP contribution in [0.25, 0.3) is 0 Å². The molecule has 0 aliphatic carbocycles. The van der Waals surface area contributed by atoms with Gasteiger partial charge in [-0.25, -0.2) is 0 Å². The average Bonchev–Trinajstić information content (AvgIpc) is 3.54. The first kappa shape index (κ1) is 20.3. The van der Waals surface area contributed by atoms with Gasteiger partial charge in [-0.1, -0.05) is 23.9 Å². The summed E-state index contributed by atoms with van der Waals surface area (Å²) in [7, 11) is 1.63. The van der Waals surface area contributed by atoms with E-state index in [0.717, 1.165) is 49.0 Å². The normalized spacial score (nSPS) is 13.6. The molecule has 1 N–H and O–H groups in total. The molecule has 2 aromatic heterocycles. The lowest BCUT2D eigenvalue weighted by molar-refractivity contribution is -0.118. The van der Waals surface area contributed by atoms with E-state index < -0.39 is 0 Å². The van der Waals surface area contributed by atoms with Crippen LogP contribution >= 0.6 is 11.8 Å². The van der Waals surface area contributed by atoms with E-state index in [1.165, 1.54) is 11.8 Å². The van der Waals surface area contributed by atoms with Crippen molar-refractivity contribution in [1.82, 2.24) is 20.1 Å². The Hall–Kier alpha value is -2.94. The zero-order valence-electron chi connectivity index (χ0n) is 16.9. The highest BCUT2D eigenvalue weighted by Crippen LogP contribution is 2.26. The standard InChI is InChI=1S/C21H25N5O3S/c1-28-17-8-6-16(7-9-17)13-22-19(27)15-30-21-24-23-20(25-10-2-3-11-25)26(21)14-18-5-4-12-29-18/h4-9,12H,2-3,10-11,13-15H2,1H3,(H,22,27). The Morgan fingerprint density at radius 1 is 1.20 bits per heavy atom. The highest BCUT2D eigenvalue weighted by Gasteiger charge is 2.22. The van der Waals surface area contributed by atoms with Crippen LogP contribution < -0.4 is 15.0 Å². The van der Waals surface area contributed by atoms with E-state index in [9.17, 15) is 4.79 Å². The van der Waals surface area contributed by atoms with E-state index in [4.69, 9.17) is 9.15 Å². The third kappa shape index (κ3) is 4.96. The summed E-state index contributed by atoms with van der Waals surface area (Å²) in [4.78, 5) is 14.6. The minimum atomic E-state index is -0.0499. The van der Waals surface area contributed by atoms with Gasteiger partial charge in [0.15, 0.2) is 5.16 Å². The Morgan fingerprint density at radius 3 is 2.70 bits per heavy atom. The second-order valence-electron chi connectivity index (χ2n) is 7.06. The van der Waals surface area contributed by atoms with Gasteiger partial charge in [-0.05, 0) is 42.7 Å². The van der Waals surface area contributed by atoms with Crippen molar-refractivity contribution in [2.24, 2.45) is 0 Å². The van der Waals surface area contributed by atoms with Gasteiger partial charge in [0.2, 0.25) is 11.9 Å². The maximum atomic E-state index is 12.4. The van der Waals surface area contributed by atoms with Gasteiger partial charge in [0.25, 0.3) is 0 Å². The molecule has 4 rings (SSSR count). The van der Waals surface area contributed by atoms with Crippen LogP contribution in [0.3, 0.4) is 0 Å². The Labute approximate surface area is 179 Å². The molecule has 1 fully saturated rings. The number of benzene rings is 1. The maximum Gasteiger partial charge on any atom is 0.230 e. The van der Waals surface area contributed by atoms with Gasteiger partial charge in [0, 0.05) is 19.6 Å². The molecular formula is C21H25N5O3S. The summed E-state index contributed by atoms with van der Waals surface area (Å²) in [6.45, 7) is 2.97. The molecule has 0 saturated carbocycles. The summed E-state index contributed by atoms with van der Waals surface area (Å²) < 4.78 is 12.7. The first-order valence-electron chi connectivity index (χ1n) is 9.96. The van der Waals surface area contributed by atoms with Gasteiger partial charge in [-0.15, -0.1) is 10.2 Å². The van der Waals surface area contributed by atoms with E-state index in [-0.39, 0.29) is 11.7 Å². The molecule has 9 heteroatoms. The molecule has 3 aromatic rings. The fraction of sp³-hybridized carbons (Fsp3) is 0.381. The summed E-state index contributed by atoms with van der Waals surface area (Å²) in [6, 6.07) is 11.4. The number of rotatable bonds is 9. The number of furan rings is 1. The number of nitrogens with zero attached hydrogens (tertiary/aromatic N) is 4. The van der Waals surface area contributed by atoms with Crippen molar-refractivity contribution in [3.8, 4) is 5.75 Å². The summed E-state index contributed by atoms with van der Waals surface area (Å²) in [5.41, 5.74) is 1.02. The third-order valence-electron chi connectivity index (χ3n) is 4.96. The van der Waals surface area contributed by atoms with Crippen LogP contribution in [-0.2, 0) is 17.9 Å². The first-order chi connectivity index (χ1) is 14.7. The fourth-order valence-electron chi connectivity index (χ4n) is 3.36. The van der Waals surface area contributed by atoms with E-state index in [0.29, 0.717) is 18.2 Å². The van der Waals surface area contributed by atoms with Crippen LogP contribution in [0.1, 0.15) is 24.2 Å². The number of nitrogens with one attached hydrogen (secondary N) is 1. The summed E-state index contributed by atoms with van der Waals surface area (Å²) in [5.74, 6) is 2.69. The molecule has 0 radical (unpaired) electrons. The Balaban J connectivity index is 1.37. The zero-order chi connectivity index (χ0) is 20.8. The van der Waals surface area contributed by atoms with Crippen LogP contribution in [0.4, 0.5) is 5.95 Å². The van der Waals surface area contributed by atoms with Crippen LogP contribution in [0.15, 0.2) is 52.2 Å². The van der Waals surface area contributed by atoms with E-state index in [1.54, 1.807) is 13.4 Å². The molecule has 8 nitrogen and oxygen atoms in total. The summed E-state index contributed by atoms with van der Waals surface area (Å²) in [5, 5.41) is 12.4. The number of ether oxygens (including phenoxy) is 1. The van der Waals surface area contributed by atoms with Gasteiger partial charge in [0.1, 0.15) is 11.5 Å². The highest BCUT2D eigenvalue weighted by atomic mass is 32.2. The largest absolute Gasteiger partial charge is 0.497 e. The van der Waals surface area contributed by atoms with Crippen LogP contribution in [0, 0.1) is 0 Å². The number of aromatic nitrogens is 3. The molecule has 30 heavy (non-hydrogen) atoms. The van der Waals surface area contributed by atoms with Gasteiger partial charge in [-0.3, -0.25) is 9.36 Å². The van der Waals surface area contributed by atoms with Gasteiger partial charge in [0.05, 0.1) is 25.7 Å². The lowest BCUT2D eigenvalue weighted by atomic mass is 10.2. The van der Waals surface area contributed by atoms with Crippen LogP contribution in [0.2, 0.25) is 0 Å². The number of anilines is 1. The van der Waals surface area contributed by atoms with Crippen molar-refractivity contribution < 1.29 is 13.9 Å². The molecule has 1 aromatic carbocycles. The summed E-state index contributed by atoms with van der Waals surface area (Å²) in [6.07, 6.45) is 3.97. The first-order valence-corrected chi connectivity index (χ1v) is 10.9. The molecule has 1 aliphatic heterocycles. The van der Waals surface area contributed by atoms with E-state index in [2.05, 4.69) is 20.4 Å². The predicted octanol–water partition coefficient (Wildman–Crippen LogP) is 2.94. The zero-order valence-corrected chi connectivity index (χ0v) is 17.7. The van der Waals surface area contributed by atoms with E-state index >= 15 is 0 Å². The number of carbonyl (C=O) groups excluding carboxylic acids is 1. The molecule has 1 saturated heterocycles. The van der Waals surface area contributed by atoms with Gasteiger partial charge in [-0.2, -0.15) is 0 Å². The number of methoxy groups -OCH3 is 1. The summed E-state index contributed by atoms with van der Waals surface area (Å²) >= 11 is 1.39. The maximum absolute atomic E-state index is 12.4. The van der Waals surface area contributed by atoms with Crippen LogP contribution in [0.5, 0.6) is 5.75 Å². The van der Waals surface area contributed by atoms with Crippen molar-refractivity contribution in [3.05, 3.63) is 54.0 Å². The lowest BCUT2D eigenvalue weighted by Crippen LogP contribution is -2.25. The number of hydrogen-bond acceptors (Lipinski definition) is 7. The molecule has 158 valence electrons. The fourth-order valence-corrected chi connectivity index (χ4v) is 4.12. The number of amides is 1. The van der Waals surface area contributed by atoms with Gasteiger partial charge >= 0.3 is 0 Å². The lowest BCUT2D eigenvalue weighted by Gasteiger charge is -2.17. The number of thioether (sulfide) groups is 1. The molecule has 0 unspecified atom stereocenters. The van der Waals surface area contributed by atoms with Crippen molar-refractivity contribution >= 4 is 23.6 Å². The number of carbonyl (C=O) groups is 1. The molecule has 1 amide bonds. The van der Waals surface area contributed by atoms with Crippen molar-refractivity contribution in [3.63, 3.8) is 0 Å². The monoisotopic (exact) mass is 427 g/mol. The molecule has 1 aliphatic rings. The second-order valence-corrected chi connectivity index (χ2v) is 8.00. The average molecular weight is 428 g/mol. The minimum absolute atomic E-state index is 0.0499. The van der Waals surface area contributed by atoms with Crippen molar-refractivity contribution in [2.45, 2.75) is 31.1 Å². The number of hydrogen-bond donors (Lipinski definition) is 1. The molecule has 0 bridgehead atoms. The van der Waals surface area contributed by atoms with Crippen molar-refractivity contribution in [2.75, 3.05) is 30.9 Å². The van der Waals surface area contributed by atoms with E-state index in [1.807, 2.05) is 41.0 Å². The smallest absolute Gasteiger partial charge is 0.230 e. The van der Waals surface area contributed by atoms with Gasteiger partial charge < -0.3 is 19.4 Å². The SMILES string of the molecule is COc1ccc(CNC(=O)CSc2nnc(N3CCCC3)n2Cc2ccco2)cc1.